The van der Waals surface area contributed by atoms with Crippen molar-refractivity contribution >= 4 is 17.9 Å². The molecule has 1 aliphatic carbocycles. The molecule has 21 heavy (non-hydrogen) atoms. The maximum atomic E-state index is 10.4. The molecule has 1 aliphatic rings. The molecule has 1 aromatic rings. The summed E-state index contributed by atoms with van der Waals surface area (Å²) in [5.74, 6) is 1.08. The average molecular weight is 293 g/mol. The first-order valence-electron chi connectivity index (χ1n) is 7.23. The molecule has 0 saturated heterocycles. The third-order valence-corrected chi connectivity index (χ3v) is 3.73. The number of anilines is 2. The van der Waals surface area contributed by atoms with Crippen molar-refractivity contribution < 1.29 is 9.90 Å². The van der Waals surface area contributed by atoms with E-state index < -0.39 is 6.09 Å². The van der Waals surface area contributed by atoms with Gasteiger partial charge in [-0.2, -0.15) is 4.98 Å². The van der Waals surface area contributed by atoms with E-state index >= 15 is 0 Å². The lowest BCUT2D eigenvalue weighted by Gasteiger charge is -2.31. The Morgan fingerprint density at radius 3 is 2.86 bits per heavy atom. The predicted octanol–water partition coefficient (Wildman–Crippen LogP) is 1.64. The fraction of sp³-hybridized carbons (Fsp3) is 0.643. The van der Waals surface area contributed by atoms with Crippen LogP contribution in [0.3, 0.4) is 0 Å². The molecule has 0 fully saturated rings. The zero-order chi connectivity index (χ0) is 15.5. The zero-order valence-corrected chi connectivity index (χ0v) is 12.6. The van der Waals surface area contributed by atoms with Gasteiger partial charge in [0.05, 0.1) is 5.69 Å². The lowest BCUT2D eigenvalue weighted by Crippen LogP contribution is -2.26. The molecule has 1 amide bonds. The number of aromatic nitrogens is 2. The number of nitrogens with two attached hydrogens (primary N) is 1. The number of fused-ring (bicyclic) bond motifs is 1. The molecule has 0 spiro atoms. The van der Waals surface area contributed by atoms with Crippen molar-refractivity contribution in [2.75, 3.05) is 24.1 Å². The third-order valence-electron chi connectivity index (χ3n) is 3.73. The molecule has 7 nitrogen and oxygen atoms in total. The van der Waals surface area contributed by atoms with Crippen molar-refractivity contribution in [1.29, 1.82) is 0 Å². The maximum Gasteiger partial charge on any atom is 0.404 e. The number of nitrogens with one attached hydrogen (secondary N) is 2. The highest BCUT2D eigenvalue weighted by molar-refractivity contribution is 5.64. The second-order valence-electron chi connectivity index (χ2n) is 6.21. The summed E-state index contributed by atoms with van der Waals surface area (Å²) in [4.78, 5) is 19.0. The molecule has 2 rings (SSSR count). The Hall–Kier alpha value is -2.05. The Kier molecular flexibility index (Phi) is 4.50. The monoisotopic (exact) mass is 293 g/mol. The van der Waals surface area contributed by atoms with E-state index in [0.717, 1.165) is 36.3 Å². The van der Waals surface area contributed by atoms with E-state index in [4.69, 9.17) is 10.8 Å². The van der Waals surface area contributed by atoms with Crippen LogP contribution in [0.5, 0.6) is 0 Å². The van der Waals surface area contributed by atoms with Crippen molar-refractivity contribution in [2.24, 2.45) is 5.41 Å². The van der Waals surface area contributed by atoms with Crippen LogP contribution >= 0.6 is 0 Å². The van der Waals surface area contributed by atoms with Gasteiger partial charge in [-0.3, -0.25) is 0 Å². The number of amides is 1. The summed E-state index contributed by atoms with van der Waals surface area (Å²) in [6.45, 7) is 5.53. The molecular formula is C14H23N5O2. The first kappa shape index (κ1) is 15.3. The molecular weight excluding hydrogens is 270 g/mol. The summed E-state index contributed by atoms with van der Waals surface area (Å²) in [5.41, 5.74) is 8.22. The summed E-state index contributed by atoms with van der Waals surface area (Å²) in [5, 5.41) is 14.1. The van der Waals surface area contributed by atoms with Crippen LogP contribution in [0.25, 0.3) is 0 Å². The molecule has 1 aromatic heterocycles. The van der Waals surface area contributed by atoms with E-state index in [1.165, 1.54) is 0 Å². The minimum atomic E-state index is -0.999. The number of carboxylic acid groups (broad SMARTS) is 1. The van der Waals surface area contributed by atoms with Crippen LogP contribution < -0.4 is 16.4 Å². The minimum absolute atomic E-state index is 0.246. The molecule has 116 valence electrons. The first-order chi connectivity index (χ1) is 9.87. The van der Waals surface area contributed by atoms with Gasteiger partial charge < -0.3 is 21.5 Å². The molecule has 0 radical (unpaired) electrons. The second kappa shape index (κ2) is 6.15. The molecule has 0 saturated carbocycles. The van der Waals surface area contributed by atoms with E-state index in [-0.39, 0.29) is 11.4 Å². The summed E-state index contributed by atoms with van der Waals surface area (Å²) in [7, 11) is 0. The van der Waals surface area contributed by atoms with Crippen molar-refractivity contribution in [2.45, 2.75) is 39.5 Å². The van der Waals surface area contributed by atoms with E-state index in [1.807, 2.05) is 0 Å². The van der Waals surface area contributed by atoms with Gasteiger partial charge in [-0.15, -0.1) is 0 Å². The van der Waals surface area contributed by atoms with Gasteiger partial charge in [0.2, 0.25) is 5.95 Å². The molecule has 0 aliphatic heterocycles. The molecule has 1 heterocycles. The lowest BCUT2D eigenvalue weighted by molar-refractivity contribution is 0.194. The Morgan fingerprint density at radius 2 is 2.14 bits per heavy atom. The van der Waals surface area contributed by atoms with Gasteiger partial charge in [-0.05, 0) is 31.1 Å². The van der Waals surface area contributed by atoms with Gasteiger partial charge in [-0.25, -0.2) is 9.78 Å². The summed E-state index contributed by atoms with van der Waals surface area (Å²) in [6.07, 6.45) is 2.64. The standard InChI is InChI=1S/C14H23N5O2/c1-14(2)5-4-9-10(8-14)18-12(15)19-11(9)16-6-3-7-17-13(20)21/h17H,3-8H2,1-2H3,(H,20,21)(H3,15,16,18,19). The topological polar surface area (TPSA) is 113 Å². The number of nitrogens with zero attached hydrogens (tertiary/aromatic N) is 2. The second-order valence-corrected chi connectivity index (χ2v) is 6.21. The SMILES string of the molecule is CC1(C)CCc2c(nc(N)nc2NCCCNC(=O)O)C1. The zero-order valence-electron chi connectivity index (χ0n) is 12.6. The molecule has 0 aromatic carbocycles. The van der Waals surface area contributed by atoms with Gasteiger partial charge in [0.25, 0.3) is 0 Å². The fourth-order valence-corrected chi connectivity index (χ4v) is 2.60. The Labute approximate surface area is 124 Å². The number of rotatable bonds is 5. The highest BCUT2D eigenvalue weighted by Crippen LogP contribution is 2.36. The Balaban J connectivity index is 2.00. The Bertz CT molecular complexity index is 530. The third kappa shape index (κ3) is 4.21. The summed E-state index contributed by atoms with van der Waals surface area (Å²) < 4.78 is 0. The number of hydrogen-bond donors (Lipinski definition) is 4. The Morgan fingerprint density at radius 1 is 1.38 bits per heavy atom. The normalized spacial score (nSPS) is 16.1. The number of hydrogen-bond acceptors (Lipinski definition) is 5. The number of carbonyl (C=O) groups is 1. The van der Waals surface area contributed by atoms with Gasteiger partial charge >= 0.3 is 6.09 Å². The smallest absolute Gasteiger partial charge is 0.404 e. The van der Waals surface area contributed by atoms with E-state index in [2.05, 4.69) is 34.4 Å². The quantitative estimate of drug-likeness (QED) is 0.614. The summed E-state index contributed by atoms with van der Waals surface area (Å²) in [6, 6.07) is 0. The predicted molar refractivity (Wildman–Crippen MR) is 81.4 cm³/mol. The molecule has 0 unspecified atom stereocenters. The van der Waals surface area contributed by atoms with Gasteiger partial charge in [0.15, 0.2) is 0 Å². The first-order valence-corrected chi connectivity index (χ1v) is 7.23. The van der Waals surface area contributed by atoms with Gasteiger partial charge in [0, 0.05) is 18.7 Å². The van der Waals surface area contributed by atoms with Crippen molar-refractivity contribution in [3.05, 3.63) is 11.3 Å². The van der Waals surface area contributed by atoms with E-state index in [9.17, 15) is 4.79 Å². The van der Waals surface area contributed by atoms with Crippen LogP contribution in [-0.4, -0.2) is 34.3 Å². The number of nitrogen functional groups attached to an aromatic ring is 1. The lowest BCUT2D eigenvalue weighted by atomic mass is 9.76. The van der Waals surface area contributed by atoms with Gasteiger partial charge in [0.1, 0.15) is 5.82 Å². The average Bonchev–Trinajstić information content (AvgIpc) is 2.35. The minimum Gasteiger partial charge on any atom is -0.465 e. The molecule has 0 atom stereocenters. The summed E-state index contributed by atoms with van der Waals surface area (Å²) >= 11 is 0. The van der Waals surface area contributed by atoms with Crippen molar-refractivity contribution in [3.63, 3.8) is 0 Å². The fourth-order valence-electron chi connectivity index (χ4n) is 2.60. The van der Waals surface area contributed by atoms with Crippen molar-refractivity contribution in [3.8, 4) is 0 Å². The highest BCUT2D eigenvalue weighted by Gasteiger charge is 2.28. The van der Waals surface area contributed by atoms with Crippen LogP contribution in [0, 0.1) is 5.41 Å². The maximum absolute atomic E-state index is 10.4. The largest absolute Gasteiger partial charge is 0.465 e. The molecule has 7 heteroatoms. The van der Waals surface area contributed by atoms with Crippen LogP contribution in [0.15, 0.2) is 0 Å². The molecule has 0 bridgehead atoms. The van der Waals surface area contributed by atoms with E-state index in [0.29, 0.717) is 19.5 Å². The van der Waals surface area contributed by atoms with Crippen LogP contribution in [-0.2, 0) is 12.8 Å². The highest BCUT2D eigenvalue weighted by atomic mass is 16.4. The van der Waals surface area contributed by atoms with Crippen LogP contribution in [0.4, 0.5) is 16.6 Å². The van der Waals surface area contributed by atoms with Crippen LogP contribution in [0.2, 0.25) is 0 Å². The van der Waals surface area contributed by atoms with E-state index in [1.54, 1.807) is 0 Å². The molecule has 5 N–H and O–H groups in total. The van der Waals surface area contributed by atoms with Crippen LogP contribution in [0.1, 0.15) is 37.9 Å². The van der Waals surface area contributed by atoms with Crippen molar-refractivity contribution in [1.82, 2.24) is 15.3 Å². The van der Waals surface area contributed by atoms with Gasteiger partial charge in [-0.1, -0.05) is 13.8 Å².